The molecule has 21 heavy (non-hydrogen) atoms. The standard InChI is InChI=1S/C16H23F3N2/c1-4-5-11-14(12(2)3)21-15(20-21,16(17,18)19)13-9-7-6-8-10-13/h6-10,12,14,20H,4-5,11H2,1-3H3. The molecule has 3 atom stereocenters. The molecule has 1 heterocycles. The summed E-state index contributed by atoms with van der Waals surface area (Å²) in [6.07, 6.45) is -1.65. The fraction of sp³-hybridized carbons (Fsp3) is 0.625. The van der Waals surface area contributed by atoms with Crippen LogP contribution < -0.4 is 5.43 Å². The Labute approximate surface area is 124 Å². The monoisotopic (exact) mass is 300 g/mol. The third-order valence-corrected chi connectivity index (χ3v) is 4.15. The number of hydrazine groups is 1. The van der Waals surface area contributed by atoms with Crippen molar-refractivity contribution in [3.8, 4) is 0 Å². The Kier molecular flexibility index (Phi) is 4.63. The van der Waals surface area contributed by atoms with Gasteiger partial charge in [0.05, 0.1) is 0 Å². The second-order valence-corrected chi connectivity index (χ2v) is 6.01. The van der Waals surface area contributed by atoms with Gasteiger partial charge in [0.25, 0.3) is 0 Å². The van der Waals surface area contributed by atoms with Crippen molar-refractivity contribution in [2.75, 3.05) is 0 Å². The molecule has 0 bridgehead atoms. The lowest BCUT2D eigenvalue weighted by Crippen LogP contribution is -2.39. The van der Waals surface area contributed by atoms with Crippen molar-refractivity contribution in [3.63, 3.8) is 0 Å². The average molecular weight is 300 g/mol. The molecule has 1 N–H and O–H groups in total. The molecular weight excluding hydrogens is 277 g/mol. The van der Waals surface area contributed by atoms with Crippen LogP contribution in [0, 0.1) is 5.92 Å². The number of rotatable bonds is 6. The molecule has 2 nitrogen and oxygen atoms in total. The summed E-state index contributed by atoms with van der Waals surface area (Å²) >= 11 is 0. The maximum absolute atomic E-state index is 13.7. The van der Waals surface area contributed by atoms with Crippen LogP contribution in [-0.2, 0) is 5.66 Å². The van der Waals surface area contributed by atoms with Crippen LogP contribution in [0.3, 0.4) is 0 Å². The minimum Gasteiger partial charge on any atom is -0.219 e. The smallest absolute Gasteiger partial charge is 0.219 e. The van der Waals surface area contributed by atoms with Gasteiger partial charge in [-0.25, -0.2) is 10.4 Å². The fourth-order valence-corrected chi connectivity index (χ4v) is 2.90. The summed E-state index contributed by atoms with van der Waals surface area (Å²) < 4.78 is 41.0. The summed E-state index contributed by atoms with van der Waals surface area (Å²) in [7, 11) is 0. The van der Waals surface area contributed by atoms with E-state index < -0.39 is 11.8 Å². The van der Waals surface area contributed by atoms with Crippen LogP contribution in [0.15, 0.2) is 30.3 Å². The zero-order valence-electron chi connectivity index (χ0n) is 12.7. The quantitative estimate of drug-likeness (QED) is 0.786. The molecule has 0 saturated carbocycles. The maximum atomic E-state index is 13.7. The topological polar surface area (TPSA) is 25.0 Å². The highest BCUT2D eigenvalue weighted by molar-refractivity contribution is 5.31. The predicted molar refractivity (Wildman–Crippen MR) is 77.3 cm³/mol. The highest BCUT2D eigenvalue weighted by Crippen LogP contribution is 2.52. The molecule has 0 aromatic heterocycles. The van der Waals surface area contributed by atoms with Crippen molar-refractivity contribution in [1.82, 2.24) is 10.4 Å². The molecule has 1 aliphatic heterocycles. The van der Waals surface area contributed by atoms with E-state index in [1.54, 1.807) is 18.2 Å². The second-order valence-electron chi connectivity index (χ2n) is 6.01. The van der Waals surface area contributed by atoms with Gasteiger partial charge < -0.3 is 0 Å². The van der Waals surface area contributed by atoms with E-state index in [2.05, 4.69) is 12.3 Å². The van der Waals surface area contributed by atoms with E-state index in [1.165, 1.54) is 17.1 Å². The minimum atomic E-state index is -4.34. The van der Waals surface area contributed by atoms with Gasteiger partial charge in [0.2, 0.25) is 5.66 Å². The van der Waals surface area contributed by atoms with E-state index in [-0.39, 0.29) is 17.5 Å². The molecular formula is C16H23F3N2. The summed E-state index contributed by atoms with van der Waals surface area (Å²) in [5, 5.41) is 1.41. The van der Waals surface area contributed by atoms with Crippen LogP contribution in [0.25, 0.3) is 0 Å². The zero-order chi connectivity index (χ0) is 15.7. The number of alkyl halides is 3. The Bertz CT molecular complexity index is 458. The molecule has 2 rings (SSSR count). The number of halogens is 3. The summed E-state index contributed by atoms with van der Waals surface area (Å²) in [4.78, 5) is 0. The van der Waals surface area contributed by atoms with Gasteiger partial charge in [0, 0.05) is 6.04 Å². The van der Waals surface area contributed by atoms with Gasteiger partial charge in [0.15, 0.2) is 0 Å². The molecule has 0 aliphatic carbocycles. The first kappa shape index (κ1) is 16.3. The van der Waals surface area contributed by atoms with Crippen LogP contribution in [0.1, 0.15) is 45.6 Å². The molecule has 3 unspecified atom stereocenters. The first-order valence-corrected chi connectivity index (χ1v) is 7.54. The number of nitrogens with one attached hydrogen (secondary N) is 1. The number of hydrogen-bond donors (Lipinski definition) is 1. The first-order valence-electron chi connectivity index (χ1n) is 7.54. The summed E-state index contributed by atoms with van der Waals surface area (Å²) in [6, 6.07) is 7.99. The molecule has 0 radical (unpaired) electrons. The van der Waals surface area contributed by atoms with Crippen molar-refractivity contribution in [2.24, 2.45) is 5.92 Å². The van der Waals surface area contributed by atoms with Gasteiger partial charge in [-0.15, -0.1) is 0 Å². The van der Waals surface area contributed by atoms with E-state index in [1.807, 2.05) is 13.8 Å². The van der Waals surface area contributed by atoms with Crippen molar-refractivity contribution in [1.29, 1.82) is 0 Å². The van der Waals surface area contributed by atoms with Crippen LogP contribution in [0.2, 0.25) is 0 Å². The van der Waals surface area contributed by atoms with Gasteiger partial charge >= 0.3 is 6.18 Å². The summed E-state index contributed by atoms with van der Waals surface area (Å²) in [5.74, 6) is 0.164. The van der Waals surface area contributed by atoms with Crippen LogP contribution in [0.4, 0.5) is 13.2 Å². The van der Waals surface area contributed by atoms with Gasteiger partial charge in [-0.3, -0.25) is 0 Å². The third kappa shape index (κ3) is 2.94. The highest BCUT2D eigenvalue weighted by atomic mass is 19.4. The van der Waals surface area contributed by atoms with Crippen LogP contribution in [-0.4, -0.2) is 17.2 Å². The molecule has 0 spiro atoms. The SMILES string of the molecule is CCCCC(C(C)C)N1NC1(c1ccccc1)C(F)(F)F. The average Bonchev–Trinajstić information content (AvgIpc) is 3.16. The first-order chi connectivity index (χ1) is 9.84. The normalized spacial score (nSPS) is 26.9. The van der Waals surface area contributed by atoms with Crippen LogP contribution in [0.5, 0.6) is 0 Å². The van der Waals surface area contributed by atoms with Crippen LogP contribution >= 0.6 is 0 Å². The van der Waals surface area contributed by atoms with E-state index in [0.29, 0.717) is 0 Å². The number of nitrogens with zero attached hydrogens (tertiary/aromatic N) is 1. The predicted octanol–water partition coefficient (Wildman–Crippen LogP) is 4.44. The second kappa shape index (κ2) is 5.97. The Balaban J connectivity index is 2.30. The molecule has 118 valence electrons. The van der Waals surface area contributed by atoms with E-state index in [0.717, 1.165) is 19.3 Å². The Morgan fingerprint density at radius 2 is 1.81 bits per heavy atom. The lowest BCUT2D eigenvalue weighted by Gasteiger charge is -2.26. The third-order valence-electron chi connectivity index (χ3n) is 4.15. The lowest BCUT2D eigenvalue weighted by atomic mass is 9.95. The van der Waals surface area contributed by atoms with E-state index in [9.17, 15) is 13.2 Å². The van der Waals surface area contributed by atoms with E-state index in [4.69, 9.17) is 0 Å². The summed E-state index contributed by atoms with van der Waals surface area (Å²) in [5.41, 5.74) is 0.884. The lowest BCUT2D eigenvalue weighted by molar-refractivity contribution is -0.178. The van der Waals surface area contributed by atoms with E-state index >= 15 is 0 Å². The molecule has 1 saturated heterocycles. The number of unbranched alkanes of at least 4 members (excludes halogenated alkanes) is 1. The summed E-state index contributed by atoms with van der Waals surface area (Å²) in [6.45, 7) is 6.01. The van der Waals surface area contributed by atoms with Gasteiger partial charge in [-0.2, -0.15) is 13.2 Å². The maximum Gasteiger partial charge on any atom is 0.426 e. The van der Waals surface area contributed by atoms with Crippen molar-refractivity contribution in [3.05, 3.63) is 35.9 Å². The molecule has 0 amide bonds. The fourth-order valence-electron chi connectivity index (χ4n) is 2.90. The van der Waals surface area contributed by atoms with Gasteiger partial charge in [0.1, 0.15) is 0 Å². The van der Waals surface area contributed by atoms with Crippen molar-refractivity contribution >= 4 is 0 Å². The van der Waals surface area contributed by atoms with Crippen molar-refractivity contribution < 1.29 is 13.2 Å². The highest BCUT2D eigenvalue weighted by Gasteiger charge is 2.72. The number of hydrogen-bond acceptors (Lipinski definition) is 2. The minimum absolute atomic E-state index is 0.119. The van der Waals surface area contributed by atoms with Gasteiger partial charge in [-0.1, -0.05) is 63.9 Å². The molecule has 5 heteroatoms. The van der Waals surface area contributed by atoms with Gasteiger partial charge in [-0.05, 0) is 17.9 Å². The molecule has 1 fully saturated rings. The molecule has 1 aromatic rings. The number of benzene rings is 1. The Hall–Kier alpha value is -1.07. The molecule has 1 aliphatic rings. The largest absolute Gasteiger partial charge is 0.426 e. The Morgan fingerprint density at radius 3 is 2.29 bits per heavy atom. The zero-order valence-corrected chi connectivity index (χ0v) is 12.7. The molecule has 1 aromatic carbocycles. The van der Waals surface area contributed by atoms with Crippen molar-refractivity contribution in [2.45, 2.75) is 57.9 Å². The Morgan fingerprint density at radius 1 is 1.19 bits per heavy atom.